The SMILES string of the molecule is CCNC(=O)C(CN)Cc1cccc(OCC)c1. The first-order chi connectivity index (χ1) is 8.71. The van der Waals surface area contributed by atoms with Crippen molar-refractivity contribution in [2.45, 2.75) is 20.3 Å². The summed E-state index contributed by atoms with van der Waals surface area (Å²) in [6.45, 7) is 5.48. The first kappa shape index (κ1) is 14.5. The Labute approximate surface area is 109 Å². The molecule has 0 radical (unpaired) electrons. The number of carbonyl (C=O) groups excluding carboxylic acids is 1. The van der Waals surface area contributed by atoms with Gasteiger partial charge in [0.25, 0.3) is 0 Å². The highest BCUT2D eigenvalue weighted by atomic mass is 16.5. The van der Waals surface area contributed by atoms with Crippen LogP contribution in [0.25, 0.3) is 0 Å². The Morgan fingerprint density at radius 2 is 2.22 bits per heavy atom. The van der Waals surface area contributed by atoms with E-state index in [0.29, 0.717) is 26.1 Å². The predicted molar refractivity (Wildman–Crippen MR) is 72.5 cm³/mol. The zero-order valence-electron chi connectivity index (χ0n) is 11.1. The molecule has 0 bridgehead atoms. The van der Waals surface area contributed by atoms with Gasteiger partial charge in [0, 0.05) is 13.1 Å². The number of benzene rings is 1. The lowest BCUT2D eigenvalue weighted by Gasteiger charge is -2.14. The summed E-state index contributed by atoms with van der Waals surface area (Å²) >= 11 is 0. The molecule has 3 N–H and O–H groups in total. The molecule has 1 atom stereocenters. The van der Waals surface area contributed by atoms with Crippen molar-refractivity contribution in [3.05, 3.63) is 29.8 Å². The topological polar surface area (TPSA) is 64.4 Å². The number of hydrogen-bond acceptors (Lipinski definition) is 3. The van der Waals surface area contributed by atoms with Crippen LogP contribution in [-0.4, -0.2) is 25.6 Å². The highest BCUT2D eigenvalue weighted by molar-refractivity contribution is 5.79. The number of ether oxygens (including phenoxy) is 1. The standard InChI is InChI=1S/C14H22N2O2/c1-3-16-14(17)12(10-15)8-11-6-5-7-13(9-11)18-4-2/h5-7,9,12H,3-4,8,10,15H2,1-2H3,(H,16,17). The monoisotopic (exact) mass is 250 g/mol. The van der Waals surface area contributed by atoms with Crippen LogP contribution in [0.15, 0.2) is 24.3 Å². The summed E-state index contributed by atoms with van der Waals surface area (Å²) in [6.07, 6.45) is 0.642. The predicted octanol–water partition coefficient (Wildman–Crippen LogP) is 1.34. The van der Waals surface area contributed by atoms with E-state index in [4.69, 9.17) is 10.5 Å². The molecule has 0 heterocycles. The third kappa shape index (κ3) is 4.37. The number of carbonyl (C=O) groups is 1. The third-order valence-electron chi connectivity index (χ3n) is 2.70. The van der Waals surface area contributed by atoms with Crippen molar-refractivity contribution in [3.63, 3.8) is 0 Å². The van der Waals surface area contributed by atoms with E-state index in [-0.39, 0.29) is 11.8 Å². The van der Waals surface area contributed by atoms with Crippen LogP contribution in [0.3, 0.4) is 0 Å². The molecule has 0 aliphatic carbocycles. The van der Waals surface area contributed by atoms with Gasteiger partial charge in [0.1, 0.15) is 5.75 Å². The van der Waals surface area contributed by atoms with E-state index < -0.39 is 0 Å². The Morgan fingerprint density at radius 1 is 1.44 bits per heavy atom. The Bertz CT molecular complexity index is 380. The van der Waals surface area contributed by atoms with E-state index in [0.717, 1.165) is 11.3 Å². The molecule has 1 aromatic carbocycles. The maximum Gasteiger partial charge on any atom is 0.224 e. The van der Waals surface area contributed by atoms with Gasteiger partial charge in [-0.15, -0.1) is 0 Å². The quantitative estimate of drug-likeness (QED) is 0.767. The average Bonchev–Trinajstić information content (AvgIpc) is 2.37. The fourth-order valence-corrected chi connectivity index (χ4v) is 1.82. The highest BCUT2D eigenvalue weighted by Crippen LogP contribution is 2.16. The maximum atomic E-state index is 11.8. The number of amides is 1. The van der Waals surface area contributed by atoms with Gasteiger partial charge in [0.2, 0.25) is 5.91 Å². The molecular weight excluding hydrogens is 228 g/mol. The Balaban J connectivity index is 2.69. The van der Waals surface area contributed by atoms with Crippen molar-refractivity contribution in [1.82, 2.24) is 5.32 Å². The smallest absolute Gasteiger partial charge is 0.224 e. The van der Waals surface area contributed by atoms with Crippen molar-refractivity contribution < 1.29 is 9.53 Å². The second-order valence-electron chi connectivity index (χ2n) is 4.11. The molecule has 0 spiro atoms. The zero-order valence-corrected chi connectivity index (χ0v) is 11.1. The molecule has 100 valence electrons. The summed E-state index contributed by atoms with van der Waals surface area (Å²) in [5.74, 6) is 0.672. The fourth-order valence-electron chi connectivity index (χ4n) is 1.82. The Hall–Kier alpha value is -1.55. The lowest BCUT2D eigenvalue weighted by molar-refractivity contribution is -0.124. The Kier molecular flexibility index (Phi) is 6.22. The van der Waals surface area contributed by atoms with Crippen LogP contribution >= 0.6 is 0 Å². The van der Waals surface area contributed by atoms with Gasteiger partial charge < -0.3 is 15.8 Å². The number of hydrogen-bond donors (Lipinski definition) is 2. The highest BCUT2D eigenvalue weighted by Gasteiger charge is 2.16. The lowest BCUT2D eigenvalue weighted by atomic mass is 9.98. The minimum atomic E-state index is -0.179. The van der Waals surface area contributed by atoms with Crippen molar-refractivity contribution in [1.29, 1.82) is 0 Å². The number of nitrogens with one attached hydrogen (secondary N) is 1. The third-order valence-corrected chi connectivity index (χ3v) is 2.70. The first-order valence-corrected chi connectivity index (χ1v) is 6.40. The van der Waals surface area contributed by atoms with Crippen LogP contribution in [-0.2, 0) is 11.2 Å². The summed E-state index contributed by atoms with van der Waals surface area (Å²) in [5.41, 5.74) is 6.73. The van der Waals surface area contributed by atoms with Crippen LogP contribution in [0.1, 0.15) is 19.4 Å². The maximum absolute atomic E-state index is 11.8. The van der Waals surface area contributed by atoms with Crippen molar-refractivity contribution in [2.75, 3.05) is 19.7 Å². The van der Waals surface area contributed by atoms with Crippen molar-refractivity contribution in [3.8, 4) is 5.75 Å². The fraction of sp³-hybridized carbons (Fsp3) is 0.500. The molecule has 0 aliphatic heterocycles. The summed E-state index contributed by atoms with van der Waals surface area (Å²) in [7, 11) is 0. The molecule has 1 unspecified atom stereocenters. The molecule has 18 heavy (non-hydrogen) atoms. The van der Waals surface area contributed by atoms with Crippen LogP contribution in [0.5, 0.6) is 5.75 Å². The van der Waals surface area contributed by atoms with E-state index in [2.05, 4.69) is 5.32 Å². The van der Waals surface area contributed by atoms with Gasteiger partial charge in [-0.05, 0) is 38.0 Å². The van der Waals surface area contributed by atoms with E-state index in [9.17, 15) is 4.79 Å². The molecule has 0 aromatic heterocycles. The van der Waals surface area contributed by atoms with Gasteiger partial charge >= 0.3 is 0 Å². The molecule has 0 fully saturated rings. The molecule has 0 aliphatic rings. The largest absolute Gasteiger partial charge is 0.494 e. The van der Waals surface area contributed by atoms with Crippen molar-refractivity contribution >= 4 is 5.91 Å². The van der Waals surface area contributed by atoms with Gasteiger partial charge in [-0.25, -0.2) is 0 Å². The van der Waals surface area contributed by atoms with Gasteiger partial charge in [0.05, 0.1) is 12.5 Å². The zero-order chi connectivity index (χ0) is 13.4. The van der Waals surface area contributed by atoms with Crippen LogP contribution in [0.2, 0.25) is 0 Å². The second-order valence-corrected chi connectivity index (χ2v) is 4.11. The van der Waals surface area contributed by atoms with E-state index in [1.54, 1.807) is 0 Å². The van der Waals surface area contributed by atoms with Crippen LogP contribution < -0.4 is 15.8 Å². The lowest BCUT2D eigenvalue weighted by Crippen LogP contribution is -2.36. The van der Waals surface area contributed by atoms with E-state index in [1.807, 2.05) is 38.1 Å². The minimum Gasteiger partial charge on any atom is -0.494 e. The Morgan fingerprint density at radius 3 is 2.83 bits per heavy atom. The molecular formula is C14H22N2O2. The molecule has 0 saturated carbocycles. The van der Waals surface area contributed by atoms with Gasteiger partial charge in [0.15, 0.2) is 0 Å². The molecule has 1 amide bonds. The van der Waals surface area contributed by atoms with Crippen LogP contribution in [0.4, 0.5) is 0 Å². The summed E-state index contributed by atoms with van der Waals surface area (Å²) < 4.78 is 5.44. The summed E-state index contributed by atoms with van der Waals surface area (Å²) in [6, 6.07) is 7.80. The average molecular weight is 250 g/mol. The van der Waals surface area contributed by atoms with Crippen molar-refractivity contribution in [2.24, 2.45) is 11.7 Å². The first-order valence-electron chi connectivity index (χ1n) is 6.40. The molecule has 0 saturated heterocycles. The summed E-state index contributed by atoms with van der Waals surface area (Å²) in [4.78, 5) is 11.8. The molecule has 1 aromatic rings. The normalized spacial score (nSPS) is 11.9. The van der Waals surface area contributed by atoms with Gasteiger partial charge in [-0.2, -0.15) is 0 Å². The second kappa shape index (κ2) is 7.71. The number of rotatable bonds is 7. The summed E-state index contributed by atoms with van der Waals surface area (Å²) in [5, 5.41) is 2.81. The van der Waals surface area contributed by atoms with E-state index >= 15 is 0 Å². The number of nitrogens with two attached hydrogens (primary N) is 1. The minimum absolute atomic E-state index is 0.0156. The van der Waals surface area contributed by atoms with E-state index in [1.165, 1.54) is 0 Å². The molecule has 4 heteroatoms. The van der Waals surface area contributed by atoms with Crippen LogP contribution in [0, 0.1) is 5.92 Å². The molecule has 1 rings (SSSR count). The van der Waals surface area contributed by atoms with Gasteiger partial charge in [-0.1, -0.05) is 12.1 Å². The van der Waals surface area contributed by atoms with Gasteiger partial charge in [-0.3, -0.25) is 4.79 Å². The molecule has 4 nitrogen and oxygen atoms in total.